The summed E-state index contributed by atoms with van der Waals surface area (Å²) in [7, 11) is 1.45. The lowest BCUT2D eigenvalue weighted by atomic mass is 10.9. The molecule has 0 saturated heterocycles. The Kier molecular flexibility index (Phi) is 3.27. The summed E-state index contributed by atoms with van der Waals surface area (Å²) in [6.07, 6.45) is 0.888. The van der Waals surface area contributed by atoms with Gasteiger partial charge in [0, 0.05) is 7.05 Å². The molecule has 0 saturated carbocycles. The maximum Gasteiger partial charge on any atom is 0.319 e. The van der Waals surface area contributed by atoms with E-state index in [9.17, 15) is 9.59 Å². The quantitative estimate of drug-likeness (QED) is 0.441. The number of carbonyl (C=O) groups excluding carboxylic acids is 2. The van der Waals surface area contributed by atoms with Crippen molar-refractivity contribution in [3.8, 4) is 0 Å². The molecule has 0 aliphatic carbocycles. The Balaban J connectivity index is 3.39. The summed E-state index contributed by atoms with van der Waals surface area (Å²) in [4.78, 5) is 19.5. The zero-order valence-electron chi connectivity index (χ0n) is 4.39. The third-order valence-corrected chi connectivity index (χ3v) is 0.489. The van der Waals surface area contributed by atoms with Crippen molar-refractivity contribution in [2.24, 2.45) is 0 Å². The Morgan fingerprint density at radius 3 is 2.75 bits per heavy atom. The third-order valence-electron chi connectivity index (χ3n) is 0.489. The van der Waals surface area contributed by atoms with Crippen molar-refractivity contribution in [3.05, 3.63) is 6.20 Å². The lowest BCUT2D eigenvalue weighted by Crippen LogP contribution is -2.28. The molecule has 4 heteroatoms. The number of carbonyl (C=O) groups is 1. The fourth-order valence-corrected chi connectivity index (χ4v) is 0.167. The average molecular weight is 114 g/mol. The summed E-state index contributed by atoms with van der Waals surface area (Å²) in [5.41, 5.74) is 0. The minimum atomic E-state index is -0.423. The molecule has 0 radical (unpaired) electrons. The van der Waals surface area contributed by atoms with Crippen molar-refractivity contribution in [1.82, 2.24) is 10.6 Å². The van der Waals surface area contributed by atoms with E-state index in [1.54, 1.807) is 0 Å². The van der Waals surface area contributed by atoms with Gasteiger partial charge in [-0.3, -0.25) is 0 Å². The molecule has 0 heterocycles. The topological polar surface area (TPSA) is 58.2 Å². The van der Waals surface area contributed by atoms with Crippen molar-refractivity contribution < 1.29 is 9.59 Å². The van der Waals surface area contributed by atoms with E-state index in [4.69, 9.17) is 0 Å². The van der Waals surface area contributed by atoms with Crippen LogP contribution >= 0.6 is 0 Å². The van der Waals surface area contributed by atoms with Crippen LogP contribution in [0.25, 0.3) is 0 Å². The fourth-order valence-electron chi connectivity index (χ4n) is 0.167. The molecule has 2 amide bonds. The van der Waals surface area contributed by atoms with Crippen molar-refractivity contribution in [2.45, 2.75) is 0 Å². The van der Waals surface area contributed by atoms with E-state index in [1.807, 2.05) is 0 Å². The second-order valence-corrected chi connectivity index (χ2v) is 0.986. The zero-order chi connectivity index (χ0) is 6.41. The van der Waals surface area contributed by atoms with Crippen molar-refractivity contribution in [2.75, 3.05) is 7.05 Å². The van der Waals surface area contributed by atoms with Gasteiger partial charge >= 0.3 is 6.03 Å². The highest BCUT2D eigenvalue weighted by Gasteiger charge is 1.85. The van der Waals surface area contributed by atoms with E-state index < -0.39 is 6.03 Å². The third kappa shape index (κ3) is 2.93. The van der Waals surface area contributed by atoms with Gasteiger partial charge in [0.15, 0.2) is 0 Å². The molecule has 8 heavy (non-hydrogen) atoms. The predicted molar refractivity (Wildman–Crippen MR) is 27.9 cm³/mol. The first-order valence-electron chi connectivity index (χ1n) is 1.99. The highest BCUT2D eigenvalue weighted by molar-refractivity contribution is 5.76. The van der Waals surface area contributed by atoms with Crippen molar-refractivity contribution in [3.63, 3.8) is 0 Å². The van der Waals surface area contributed by atoms with Gasteiger partial charge in [0.2, 0.25) is 0 Å². The normalized spacial score (nSPS) is 6.62. The van der Waals surface area contributed by atoms with Crippen LogP contribution < -0.4 is 10.6 Å². The van der Waals surface area contributed by atoms with E-state index in [0.717, 1.165) is 6.20 Å². The molecule has 4 nitrogen and oxygen atoms in total. The van der Waals surface area contributed by atoms with E-state index in [1.165, 1.54) is 13.0 Å². The lowest BCUT2D eigenvalue weighted by Gasteiger charge is -1.91. The summed E-state index contributed by atoms with van der Waals surface area (Å²) >= 11 is 0. The van der Waals surface area contributed by atoms with E-state index >= 15 is 0 Å². The molecule has 44 valence electrons. The molecule has 0 aliphatic rings. The molecule has 2 N–H and O–H groups in total. The highest BCUT2D eigenvalue weighted by atomic mass is 16.2. The molecule has 0 aliphatic heterocycles. The molecule has 0 spiro atoms. The molecule has 0 unspecified atom stereocenters. The number of amides is 2. The molecular formula is C4H6N2O2. The molecule has 0 bridgehead atoms. The Morgan fingerprint density at radius 1 is 1.75 bits per heavy atom. The molecular weight excluding hydrogens is 108 g/mol. The first-order valence-corrected chi connectivity index (χ1v) is 1.99. The average Bonchev–Trinajstić information content (AvgIpc) is 1.83. The van der Waals surface area contributed by atoms with Gasteiger partial charge in [-0.15, -0.1) is 0 Å². The standard InChI is InChI=1S/C4H6N2O2/c1-5-4(8)6-2-3-7/h2H,1H3,(H2,5,6,8). The second-order valence-electron chi connectivity index (χ2n) is 0.986. The van der Waals surface area contributed by atoms with Crippen LogP contribution in [0.15, 0.2) is 6.20 Å². The number of hydrogen-bond acceptors (Lipinski definition) is 2. The van der Waals surface area contributed by atoms with Gasteiger partial charge in [-0.1, -0.05) is 0 Å². The Bertz CT molecular complexity index is 126. The van der Waals surface area contributed by atoms with Crippen LogP contribution in [-0.4, -0.2) is 19.0 Å². The van der Waals surface area contributed by atoms with Crippen molar-refractivity contribution in [1.29, 1.82) is 0 Å². The SMILES string of the molecule is CNC(=O)NC=C=O. The van der Waals surface area contributed by atoms with E-state index in [0.29, 0.717) is 0 Å². The maximum atomic E-state index is 10.1. The molecule has 0 aromatic rings. The minimum absolute atomic E-state index is 0.423. The second kappa shape index (κ2) is 3.89. The number of rotatable bonds is 1. The van der Waals surface area contributed by atoms with Gasteiger partial charge < -0.3 is 10.6 Å². The maximum absolute atomic E-state index is 10.1. The van der Waals surface area contributed by atoms with Gasteiger partial charge in [-0.25, -0.2) is 9.59 Å². The van der Waals surface area contributed by atoms with Gasteiger partial charge in [-0.2, -0.15) is 0 Å². The largest absolute Gasteiger partial charge is 0.341 e. The first kappa shape index (κ1) is 6.72. The van der Waals surface area contributed by atoms with Gasteiger partial charge in [0.05, 0.1) is 6.20 Å². The molecule has 0 aromatic carbocycles. The van der Waals surface area contributed by atoms with E-state index in [-0.39, 0.29) is 0 Å². The number of nitrogens with one attached hydrogen (secondary N) is 2. The van der Waals surface area contributed by atoms with Crippen LogP contribution in [0.3, 0.4) is 0 Å². The Labute approximate surface area is 46.6 Å². The highest BCUT2D eigenvalue weighted by Crippen LogP contribution is 1.55. The zero-order valence-corrected chi connectivity index (χ0v) is 4.39. The Hall–Kier alpha value is -1.28. The minimum Gasteiger partial charge on any atom is -0.341 e. The molecule has 0 aromatic heterocycles. The fraction of sp³-hybridized carbons (Fsp3) is 0.250. The van der Waals surface area contributed by atoms with Crippen LogP contribution in [-0.2, 0) is 4.79 Å². The summed E-state index contributed by atoms with van der Waals surface area (Å²) < 4.78 is 0. The van der Waals surface area contributed by atoms with Gasteiger partial charge in [0.1, 0.15) is 5.94 Å². The molecule has 0 rings (SSSR count). The van der Waals surface area contributed by atoms with Crippen LogP contribution in [0.1, 0.15) is 0 Å². The lowest BCUT2D eigenvalue weighted by molar-refractivity contribution is 0.246. The summed E-state index contributed by atoms with van der Waals surface area (Å²) in [6.45, 7) is 0. The summed E-state index contributed by atoms with van der Waals surface area (Å²) in [5, 5.41) is 4.32. The van der Waals surface area contributed by atoms with Crippen molar-refractivity contribution >= 4 is 12.0 Å². The number of urea groups is 1. The van der Waals surface area contributed by atoms with Gasteiger partial charge in [0.25, 0.3) is 0 Å². The molecule has 0 atom stereocenters. The number of hydrogen-bond donors (Lipinski definition) is 2. The first-order chi connectivity index (χ1) is 3.81. The van der Waals surface area contributed by atoms with Crippen LogP contribution in [0.5, 0.6) is 0 Å². The monoisotopic (exact) mass is 114 g/mol. The van der Waals surface area contributed by atoms with Crippen LogP contribution in [0, 0.1) is 0 Å². The summed E-state index contributed by atoms with van der Waals surface area (Å²) in [6, 6.07) is -0.423. The Morgan fingerprint density at radius 2 is 2.38 bits per heavy atom. The summed E-state index contributed by atoms with van der Waals surface area (Å²) in [5.74, 6) is 1.39. The molecule has 0 fully saturated rings. The smallest absolute Gasteiger partial charge is 0.319 e. The predicted octanol–water partition coefficient (Wildman–Crippen LogP) is -0.739. The van der Waals surface area contributed by atoms with Gasteiger partial charge in [-0.05, 0) is 0 Å². The van der Waals surface area contributed by atoms with E-state index in [2.05, 4.69) is 10.6 Å². The van der Waals surface area contributed by atoms with Crippen LogP contribution in [0.4, 0.5) is 4.79 Å². The van der Waals surface area contributed by atoms with Crippen LogP contribution in [0.2, 0.25) is 0 Å².